The van der Waals surface area contributed by atoms with E-state index in [9.17, 15) is 0 Å². The van der Waals surface area contributed by atoms with Crippen LogP contribution in [0.5, 0.6) is 0 Å². The number of hydrogen-bond donors (Lipinski definition) is 1. The Hall–Kier alpha value is -0.0800. The van der Waals surface area contributed by atoms with E-state index in [-0.39, 0.29) is 0 Å². The van der Waals surface area contributed by atoms with Crippen molar-refractivity contribution in [2.45, 2.75) is 58.9 Å². The largest absolute Gasteiger partial charge is 0.314 e. The zero-order valence-corrected chi connectivity index (χ0v) is 12.6. The van der Waals surface area contributed by atoms with E-state index in [1.54, 1.807) is 0 Å². The Morgan fingerprint density at radius 3 is 2.39 bits per heavy atom. The van der Waals surface area contributed by atoms with E-state index in [1.807, 2.05) is 0 Å². The molecular formula is C16H32N2. The topological polar surface area (TPSA) is 15.3 Å². The maximum atomic E-state index is 3.84. The van der Waals surface area contributed by atoms with Crippen LogP contribution in [-0.2, 0) is 0 Å². The molecule has 1 aliphatic heterocycles. The van der Waals surface area contributed by atoms with Crippen molar-refractivity contribution in [3.8, 4) is 0 Å². The second kappa shape index (κ2) is 6.91. The lowest BCUT2D eigenvalue weighted by Crippen LogP contribution is -2.44. The molecule has 0 radical (unpaired) electrons. The molecule has 1 aliphatic carbocycles. The van der Waals surface area contributed by atoms with E-state index in [0.717, 1.165) is 23.8 Å². The third-order valence-corrected chi connectivity index (χ3v) is 4.92. The van der Waals surface area contributed by atoms with E-state index in [0.29, 0.717) is 0 Å². The average molecular weight is 252 g/mol. The molecule has 2 rings (SSSR count). The summed E-state index contributed by atoms with van der Waals surface area (Å²) in [6.45, 7) is 12.2. The molecule has 2 nitrogen and oxygen atoms in total. The van der Waals surface area contributed by atoms with Crippen LogP contribution in [-0.4, -0.2) is 37.1 Å². The Labute approximate surface area is 114 Å². The van der Waals surface area contributed by atoms with Gasteiger partial charge in [-0.25, -0.2) is 0 Å². The monoisotopic (exact) mass is 252 g/mol. The highest BCUT2D eigenvalue weighted by Crippen LogP contribution is 2.30. The fraction of sp³-hybridized carbons (Fsp3) is 1.00. The molecule has 2 aliphatic rings. The van der Waals surface area contributed by atoms with Gasteiger partial charge in [-0.05, 0) is 56.7 Å². The Morgan fingerprint density at radius 2 is 1.83 bits per heavy atom. The van der Waals surface area contributed by atoms with Crippen molar-refractivity contribution < 1.29 is 0 Å². The van der Waals surface area contributed by atoms with Crippen molar-refractivity contribution >= 4 is 0 Å². The molecule has 2 atom stereocenters. The molecule has 0 aromatic rings. The van der Waals surface area contributed by atoms with Gasteiger partial charge in [-0.1, -0.05) is 33.6 Å². The average Bonchev–Trinajstić information content (AvgIpc) is 2.73. The normalized spacial score (nSPS) is 31.3. The second-order valence-corrected chi connectivity index (χ2v) is 7.05. The number of hydrogen-bond acceptors (Lipinski definition) is 2. The van der Waals surface area contributed by atoms with Gasteiger partial charge >= 0.3 is 0 Å². The van der Waals surface area contributed by atoms with Crippen LogP contribution in [0.25, 0.3) is 0 Å². The van der Waals surface area contributed by atoms with Gasteiger partial charge in [-0.15, -0.1) is 0 Å². The summed E-state index contributed by atoms with van der Waals surface area (Å²) in [5.41, 5.74) is 0. The van der Waals surface area contributed by atoms with Crippen LogP contribution >= 0.6 is 0 Å². The smallest absolute Gasteiger partial charge is 0.00915 e. The highest BCUT2D eigenvalue weighted by molar-refractivity contribution is 4.81. The van der Waals surface area contributed by atoms with Crippen LogP contribution < -0.4 is 5.32 Å². The minimum Gasteiger partial charge on any atom is -0.314 e. The Kier molecular flexibility index (Phi) is 5.50. The zero-order valence-electron chi connectivity index (χ0n) is 12.6. The number of likely N-dealkylation sites (tertiary alicyclic amines) is 1. The minimum atomic E-state index is 0.793. The Balaban J connectivity index is 1.61. The second-order valence-electron chi connectivity index (χ2n) is 7.05. The highest BCUT2D eigenvalue weighted by Gasteiger charge is 2.25. The van der Waals surface area contributed by atoms with Gasteiger partial charge in [-0.3, -0.25) is 0 Å². The molecular weight excluding hydrogens is 220 g/mol. The number of rotatable bonds is 5. The number of nitrogens with one attached hydrogen (secondary N) is 1. The quantitative estimate of drug-likeness (QED) is 0.809. The minimum absolute atomic E-state index is 0.793. The van der Waals surface area contributed by atoms with Gasteiger partial charge in [-0.2, -0.15) is 0 Å². The first-order chi connectivity index (χ1) is 8.65. The first kappa shape index (κ1) is 14.3. The van der Waals surface area contributed by atoms with Crippen molar-refractivity contribution in [1.82, 2.24) is 10.2 Å². The molecule has 1 saturated carbocycles. The lowest BCUT2D eigenvalue weighted by atomic mass is 9.96. The van der Waals surface area contributed by atoms with Crippen LogP contribution in [0, 0.1) is 17.8 Å². The number of nitrogens with zero attached hydrogens (tertiary/aromatic N) is 1. The van der Waals surface area contributed by atoms with Crippen molar-refractivity contribution in [3.63, 3.8) is 0 Å². The van der Waals surface area contributed by atoms with E-state index >= 15 is 0 Å². The van der Waals surface area contributed by atoms with Crippen LogP contribution in [0.1, 0.15) is 52.9 Å². The van der Waals surface area contributed by atoms with Gasteiger partial charge in [0.25, 0.3) is 0 Å². The molecule has 2 heteroatoms. The molecule has 0 aromatic carbocycles. The molecule has 0 aromatic heterocycles. The van der Waals surface area contributed by atoms with Crippen LogP contribution in [0.15, 0.2) is 0 Å². The van der Waals surface area contributed by atoms with E-state index in [1.165, 1.54) is 58.3 Å². The summed E-state index contributed by atoms with van der Waals surface area (Å²) in [5, 5.41) is 3.84. The molecule has 0 bridgehead atoms. The maximum absolute atomic E-state index is 3.84. The highest BCUT2D eigenvalue weighted by atomic mass is 15.1. The third kappa shape index (κ3) is 4.24. The summed E-state index contributed by atoms with van der Waals surface area (Å²) in [6.07, 6.45) is 7.08. The van der Waals surface area contributed by atoms with E-state index in [2.05, 4.69) is 31.0 Å². The van der Waals surface area contributed by atoms with E-state index in [4.69, 9.17) is 0 Å². The summed E-state index contributed by atoms with van der Waals surface area (Å²) in [4.78, 5) is 2.64. The van der Waals surface area contributed by atoms with Gasteiger partial charge in [0.15, 0.2) is 0 Å². The Bertz CT molecular complexity index is 231. The lowest BCUT2D eigenvalue weighted by Gasteiger charge is -2.34. The van der Waals surface area contributed by atoms with E-state index < -0.39 is 0 Å². The molecule has 1 N–H and O–H groups in total. The molecule has 18 heavy (non-hydrogen) atoms. The molecule has 0 amide bonds. The molecule has 1 heterocycles. The van der Waals surface area contributed by atoms with Crippen LogP contribution in [0.2, 0.25) is 0 Å². The zero-order chi connectivity index (χ0) is 13.0. The van der Waals surface area contributed by atoms with Gasteiger partial charge in [0.1, 0.15) is 0 Å². The number of piperidine rings is 1. The van der Waals surface area contributed by atoms with Crippen molar-refractivity contribution in [1.29, 1.82) is 0 Å². The van der Waals surface area contributed by atoms with Crippen LogP contribution in [0.3, 0.4) is 0 Å². The van der Waals surface area contributed by atoms with Gasteiger partial charge in [0, 0.05) is 12.6 Å². The molecule has 2 unspecified atom stereocenters. The molecule has 106 valence electrons. The van der Waals surface area contributed by atoms with Crippen LogP contribution in [0.4, 0.5) is 0 Å². The fourth-order valence-corrected chi connectivity index (χ4v) is 3.68. The van der Waals surface area contributed by atoms with Crippen molar-refractivity contribution in [2.24, 2.45) is 17.8 Å². The van der Waals surface area contributed by atoms with Crippen molar-refractivity contribution in [2.75, 3.05) is 26.2 Å². The Morgan fingerprint density at radius 1 is 1.11 bits per heavy atom. The standard InChI is InChI=1S/C16H32N2/c1-13(2)12-18-9-7-16(8-10-18)17-11-15-6-4-5-14(15)3/h13-17H,4-12H2,1-3H3. The van der Waals surface area contributed by atoms with Gasteiger partial charge in [0.05, 0.1) is 0 Å². The van der Waals surface area contributed by atoms with Crippen molar-refractivity contribution in [3.05, 3.63) is 0 Å². The fourth-order valence-electron chi connectivity index (χ4n) is 3.68. The first-order valence-electron chi connectivity index (χ1n) is 8.11. The predicted octanol–water partition coefficient (Wildman–Crippen LogP) is 3.13. The predicted molar refractivity (Wildman–Crippen MR) is 78.8 cm³/mol. The lowest BCUT2D eigenvalue weighted by molar-refractivity contribution is 0.176. The summed E-state index contributed by atoms with van der Waals surface area (Å²) in [6, 6.07) is 0.793. The SMILES string of the molecule is CC(C)CN1CCC(NCC2CCCC2C)CC1. The molecule has 1 saturated heterocycles. The summed E-state index contributed by atoms with van der Waals surface area (Å²) in [7, 11) is 0. The molecule has 2 fully saturated rings. The first-order valence-corrected chi connectivity index (χ1v) is 8.11. The summed E-state index contributed by atoms with van der Waals surface area (Å²) >= 11 is 0. The molecule has 0 spiro atoms. The van der Waals surface area contributed by atoms with Gasteiger partial charge < -0.3 is 10.2 Å². The summed E-state index contributed by atoms with van der Waals surface area (Å²) in [5.74, 6) is 2.73. The summed E-state index contributed by atoms with van der Waals surface area (Å²) < 4.78 is 0. The third-order valence-electron chi connectivity index (χ3n) is 4.92. The van der Waals surface area contributed by atoms with Gasteiger partial charge in [0.2, 0.25) is 0 Å². The maximum Gasteiger partial charge on any atom is 0.00915 e.